The van der Waals surface area contributed by atoms with E-state index in [-0.39, 0.29) is 23.7 Å². The molecule has 21 heavy (non-hydrogen) atoms. The van der Waals surface area contributed by atoms with Crippen molar-refractivity contribution in [2.45, 2.75) is 57.8 Å². The summed E-state index contributed by atoms with van der Waals surface area (Å²) in [6.07, 6.45) is 10.6. The fourth-order valence-electron chi connectivity index (χ4n) is 4.37. The van der Waals surface area contributed by atoms with Crippen molar-refractivity contribution in [3.8, 4) is 0 Å². The van der Waals surface area contributed by atoms with E-state index in [1.165, 1.54) is 44.9 Å². The average Bonchev–Trinajstić information content (AvgIpc) is 2.84. The van der Waals surface area contributed by atoms with E-state index in [1.807, 2.05) is 0 Å². The van der Waals surface area contributed by atoms with Gasteiger partial charge in [-0.05, 0) is 37.0 Å². The van der Waals surface area contributed by atoms with Crippen LogP contribution in [0, 0.1) is 17.8 Å². The van der Waals surface area contributed by atoms with Gasteiger partial charge in [0.1, 0.15) is 11.3 Å². The zero-order valence-corrected chi connectivity index (χ0v) is 12.5. The summed E-state index contributed by atoms with van der Waals surface area (Å²) in [7, 11) is 0. The summed E-state index contributed by atoms with van der Waals surface area (Å²) in [5, 5.41) is 10.0. The molecule has 0 amide bonds. The number of carbonyl (C=O) groups excluding carboxylic acids is 2. The van der Waals surface area contributed by atoms with Gasteiger partial charge in [-0.1, -0.05) is 32.1 Å². The number of ketones is 1. The molecule has 0 radical (unpaired) electrons. The molecule has 0 spiro atoms. The first-order valence-corrected chi connectivity index (χ1v) is 8.27. The fraction of sp³-hybridized carbons (Fsp3) is 0.765. The van der Waals surface area contributed by atoms with Crippen molar-refractivity contribution in [3.63, 3.8) is 0 Å². The zero-order valence-electron chi connectivity index (χ0n) is 12.5. The van der Waals surface area contributed by atoms with E-state index in [0.717, 1.165) is 18.3 Å². The lowest BCUT2D eigenvalue weighted by Crippen LogP contribution is -2.27. The van der Waals surface area contributed by atoms with Crippen molar-refractivity contribution in [2.24, 2.45) is 17.8 Å². The topological polar surface area (TPSA) is 63.6 Å². The van der Waals surface area contributed by atoms with Crippen LogP contribution < -0.4 is 0 Å². The third-order valence-electron chi connectivity index (χ3n) is 5.54. The first-order valence-electron chi connectivity index (χ1n) is 8.27. The SMILES string of the molecule is O=C1COC(=O)/C1=C(\O)CC[C@@H]1CC[C@H]2CCCC[C@@H]2C1. The zero-order chi connectivity index (χ0) is 14.8. The molecule has 2 aliphatic carbocycles. The summed E-state index contributed by atoms with van der Waals surface area (Å²) in [5.41, 5.74) is -0.110. The van der Waals surface area contributed by atoms with Crippen molar-refractivity contribution in [1.82, 2.24) is 0 Å². The van der Waals surface area contributed by atoms with Crippen LogP contribution in [0.15, 0.2) is 11.3 Å². The van der Waals surface area contributed by atoms with Gasteiger partial charge in [-0.2, -0.15) is 0 Å². The highest BCUT2D eigenvalue weighted by atomic mass is 16.5. The third kappa shape index (κ3) is 3.14. The maximum absolute atomic E-state index is 11.5. The van der Waals surface area contributed by atoms with Crippen LogP contribution in [0.3, 0.4) is 0 Å². The molecule has 0 aromatic carbocycles. The Balaban J connectivity index is 1.54. The number of aliphatic hydroxyl groups excluding tert-OH is 1. The molecule has 1 saturated heterocycles. The Morgan fingerprint density at radius 2 is 1.86 bits per heavy atom. The van der Waals surface area contributed by atoms with Crippen LogP contribution in [0.5, 0.6) is 0 Å². The molecule has 4 nitrogen and oxygen atoms in total. The van der Waals surface area contributed by atoms with Crippen LogP contribution in [0.2, 0.25) is 0 Å². The van der Waals surface area contributed by atoms with Crippen molar-refractivity contribution >= 4 is 11.8 Å². The molecule has 0 unspecified atom stereocenters. The number of rotatable bonds is 3. The van der Waals surface area contributed by atoms with Gasteiger partial charge in [0.15, 0.2) is 6.61 Å². The number of ether oxygens (including phenoxy) is 1. The Kier molecular flexibility index (Phi) is 4.32. The summed E-state index contributed by atoms with van der Waals surface area (Å²) < 4.78 is 4.66. The molecular formula is C17H24O4. The lowest BCUT2D eigenvalue weighted by Gasteiger charge is -2.39. The predicted molar refractivity (Wildman–Crippen MR) is 77.6 cm³/mol. The van der Waals surface area contributed by atoms with Gasteiger partial charge in [0, 0.05) is 6.42 Å². The number of esters is 1. The Bertz CT molecular complexity index is 447. The van der Waals surface area contributed by atoms with E-state index in [9.17, 15) is 14.7 Å². The van der Waals surface area contributed by atoms with Gasteiger partial charge < -0.3 is 9.84 Å². The highest BCUT2D eigenvalue weighted by molar-refractivity contribution is 6.22. The summed E-state index contributed by atoms with van der Waals surface area (Å²) >= 11 is 0. The van der Waals surface area contributed by atoms with Gasteiger partial charge in [0.25, 0.3) is 0 Å². The van der Waals surface area contributed by atoms with Crippen molar-refractivity contribution in [3.05, 3.63) is 11.3 Å². The Morgan fingerprint density at radius 3 is 2.57 bits per heavy atom. The van der Waals surface area contributed by atoms with Crippen LogP contribution in [0.25, 0.3) is 0 Å². The van der Waals surface area contributed by atoms with E-state index >= 15 is 0 Å². The number of allylic oxidation sites excluding steroid dienone is 1. The quantitative estimate of drug-likeness (QED) is 0.375. The predicted octanol–water partition coefficient (Wildman–Crippen LogP) is 3.31. The Hall–Kier alpha value is -1.32. The molecule has 4 heteroatoms. The molecule has 2 saturated carbocycles. The molecule has 116 valence electrons. The maximum atomic E-state index is 11.5. The molecule has 3 aliphatic rings. The molecule has 3 atom stereocenters. The fourth-order valence-corrected chi connectivity index (χ4v) is 4.37. The molecule has 0 bridgehead atoms. The van der Waals surface area contributed by atoms with Gasteiger partial charge >= 0.3 is 5.97 Å². The third-order valence-corrected chi connectivity index (χ3v) is 5.54. The van der Waals surface area contributed by atoms with Crippen LogP contribution in [-0.4, -0.2) is 23.5 Å². The average molecular weight is 292 g/mol. The first kappa shape index (κ1) is 14.6. The van der Waals surface area contributed by atoms with E-state index in [0.29, 0.717) is 12.3 Å². The van der Waals surface area contributed by atoms with E-state index in [1.54, 1.807) is 0 Å². The molecule has 0 aromatic heterocycles. The highest BCUT2D eigenvalue weighted by Crippen LogP contribution is 2.44. The first-order chi connectivity index (χ1) is 10.1. The van der Waals surface area contributed by atoms with Gasteiger partial charge in [-0.15, -0.1) is 0 Å². The maximum Gasteiger partial charge on any atom is 0.345 e. The van der Waals surface area contributed by atoms with Gasteiger partial charge in [-0.3, -0.25) is 4.79 Å². The summed E-state index contributed by atoms with van der Waals surface area (Å²) in [6, 6.07) is 0. The number of fused-ring (bicyclic) bond motifs is 1. The van der Waals surface area contributed by atoms with Crippen LogP contribution in [-0.2, 0) is 14.3 Å². The highest BCUT2D eigenvalue weighted by Gasteiger charge is 2.34. The van der Waals surface area contributed by atoms with Crippen LogP contribution in [0.1, 0.15) is 57.8 Å². The van der Waals surface area contributed by atoms with Crippen LogP contribution in [0.4, 0.5) is 0 Å². The summed E-state index contributed by atoms with van der Waals surface area (Å²) in [5.74, 6) is 1.31. The molecule has 1 heterocycles. The van der Waals surface area contributed by atoms with Crippen molar-refractivity contribution < 1.29 is 19.4 Å². The van der Waals surface area contributed by atoms with Crippen molar-refractivity contribution in [1.29, 1.82) is 0 Å². The second-order valence-corrected chi connectivity index (χ2v) is 6.84. The Labute approximate surface area is 125 Å². The van der Waals surface area contributed by atoms with E-state index < -0.39 is 5.97 Å². The Morgan fingerprint density at radius 1 is 1.10 bits per heavy atom. The number of aliphatic hydroxyl groups is 1. The normalized spacial score (nSPS) is 35.3. The molecule has 3 fully saturated rings. The van der Waals surface area contributed by atoms with Gasteiger partial charge in [0.2, 0.25) is 5.78 Å². The van der Waals surface area contributed by atoms with E-state index in [4.69, 9.17) is 0 Å². The molecular weight excluding hydrogens is 268 g/mol. The minimum atomic E-state index is -0.659. The minimum absolute atomic E-state index is 0.0618. The standard InChI is InChI=1S/C17H24O4/c18-14(16-15(19)10-21-17(16)20)8-6-11-5-7-12-3-1-2-4-13(12)9-11/h11-13,18H,1-10H2/b16-14-/t11-,12+,13+/m0/s1. The lowest BCUT2D eigenvalue weighted by molar-refractivity contribution is -0.135. The molecule has 0 aromatic rings. The van der Waals surface area contributed by atoms with Crippen LogP contribution >= 0.6 is 0 Å². The minimum Gasteiger partial charge on any atom is -0.511 e. The second kappa shape index (κ2) is 6.20. The lowest BCUT2D eigenvalue weighted by atomic mass is 9.67. The number of hydrogen-bond acceptors (Lipinski definition) is 4. The van der Waals surface area contributed by atoms with Gasteiger partial charge in [-0.25, -0.2) is 4.79 Å². The molecule has 3 rings (SSSR count). The molecule has 1 N–H and O–H groups in total. The second-order valence-electron chi connectivity index (χ2n) is 6.84. The summed E-state index contributed by atoms with van der Waals surface area (Å²) in [4.78, 5) is 22.9. The smallest absolute Gasteiger partial charge is 0.345 e. The van der Waals surface area contributed by atoms with Crippen molar-refractivity contribution in [2.75, 3.05) is 6.61 Å². The number of hydrogen-bond donors (Lipinski definition) is 1. The van der Waals surface area contributed by atoms with E-state index in [2.05, 4.69) is 4.74 Å². The monoisotopic (exact) mass is 292 g/mol. The number of carbonyl (C=O) groups is 2. The number of cyclic esters (lactones) is 1. The van der Waals surface area contributed by atoms with Gasteiger partial charge in [0.05, 0.1) is 0 Å². The largest absolute Gasteiger partial charge is 0.511 e. The molecule has 1 aliphatic heterocycles. The summed E-state index contributed by atoms with van der Waals surface area (Å²) in [6.45, 7) is -0.217. The number of Topliss-reactive ketones (excluding diaryl/α,β-unsaturated/α-hetero) is 1.